The van der Waals surface area contributed by atoms with E-state index in [1.807, 2.05) is 0 Å². The molecule has 5 nitrogen and oxygen atoms in total. The number of hydrogen-bond acceptors (Lipinski definition) is 3. The average Bonchev–Trinajstić information content (AvgIpc) is 2.19. The summed E-state index contributed by atoms with van der Waals surface area (Å²) in [5, 5.41) is 0. The van der Waals surface area contributed by atoms with Crippen LogP contribution in [-0.2, 0) is 9.59 Å². The van der Waals surface area contributed by atoms with E-state index in [2.05, 4.69) is 13.2 Å². The van der Waals surface area contributed by atoms with Crippen molar-refractivity contribution in [3.8, 4) is 0 Å². The van der Waals surface area contributed by atoms with Crippen LogP contribution in [0.5, 0.6) is 0 Å². The summed E-state index contributed by atoms with van der Waals surface area (Å²) >= 11 is 0. The molecule has 0 aromatic carbocycles. The summed E-state index contributed by atoms with van der Waals surface area (Å²) in [5.41, 5.74) is 0. The van der Waals surface area contributed by atoms with Crippen molar-refractivity contribution >= 4 is 17.8 Å². The normalized spacial score (nSPS) is 16.9. The highest BCUT2D eigenvalue weighted by Gasteiger charge is 2.36. The molecule has 1 fully saturated rings. The summed E-state index contributed by atoms with van der Waals surface area (Å²) in [6.07, 6.45) is 2.61. The van der Waals surface area contributed by atoms with E-state index >= 15 is 0 Å². The zero-order valence-corrected chi connectivity index (χ0v) is 8.31. The van der Waals surface area contributed by atoms with Gasteiger partial charge in [0, 0.05) is 13.1 Å². The van der Waals surface area contributed by atoms with Crippen LogP contribution in [0.15, 0.2) is 25.3 Å². The molecule has 1 rings (SSSR count). The van der Waals surface area contributed by atoms with Gasteiger partial charge in [0.2, 0.25) is 11.8 Å². The van der Waals surface area contributed by atoms with Crippen LogP contribution in [0.3, 0.4) is 0 Å². The smallest absolute Gasteiger partial charge is 0.274 e. The Morgan fingerprint density at radius 2 is 1.40 bits per heavy atom. The lowest BCUT2D eigenvalue weighted by Crippen LogP contribution is -2.54. The van der Waals surface area contributed by atoms with Crippen LogP contribution in [0.25, 0.3) is 0 Å². The minimum atomic E-state index is -0.601. The minimum absolute atomic E-state index is 0.124. The first-order valence-electron chi connectivity index (χ1n) is 4.48. The molecule has 0 aliphatic carbocycles. The van der Waals surface area contributed by atoms with Crippen LogP contribution in [0.1, 0.15) is 6.42 Å². The van der Waals surface area contributed by atoms with Crippen molar-refractivity contribution in [1.29, 1.82) is 0 Å². The largest absolute Gasteiger partial charge is 0.334 e. The number of rotatable bonds is 4. The summed E-state index contributed by atoms with van der Waals surface area (Å²) in [6, 6.07) is -0.601. The SMILES string of the molecule is C=CCN1C(=O)CC(=O)N(CC=C)C1=O. The third kappa shape index (κ3) is 2.12. The van der Waals surface area contributed by atoms with Gasteiger partial charge in [0.1, 0.15) is 6.42 Å². The van der Waals surface area contributed by atoms with Crippen LogP contribution >= 0.6 is 0 Å². The van der Waals surface area contributed by atoms with Gasteiger partial charge in [0.15, 0.2) is 0 Å². The first-order chi connectivity index (χ1) is 7.11. The highest BCUT2D eigenvalue weighted by Crippen LogP contribution is 2.11. The van der Waals surface area contributed by atoms with Crippen molar-refractivity contribution in [3.05, 3.63) is 25.3 Å². The monoisotopic (exact) mass is 208 g/mol. The maximum Gasteiger partial charge on any atom is 0.334 e. The summed E-state index contributed by atoms with van der Waals surface area (Å²) in [5.74, 6) is -0.963. The highest BCUT2D eigenvalue weighted by atomic mass is 16.2. The van der Waals surface area contributed by atoms with Crippen LogP contribution in [0.4, 0.5) is 4.79 Å². The molecule has 0 N–H and O–H groups in total. The van der Waals surface area contributed by atoms with Crippen molar-refractivity contribution in [1.82, 2.24) is 9.80 Å². The number of nitrogens with zero attached hydrogens (tertiary/aromatic N) is 2. The van der Waals surface area contributed by atoms with Crippen molar-refractivity contribution in [2.75, 3.05) is 13.1 Å². The fraction of sp³-hybridized carbons (Fsp3) is 0.300. The Balaban J connectivity index is 2.88. The predicted octanol–water partition coefficient (Wildman–Crippen LogP) is 0.539. The van der Waals surface area contributed by atoms with Gasteiger partial charge >= 0.3 is 6.03 Å². The third-order valence-electron chi connectivity index (χ3n) is 1.99. The molecule has 0 aromatic heterocycles. The molecule has 0 saturated carbocycles. The van der Waals surface area contributed by atoms with Gasteiger partial charge in [-0.3, -0.25) is 19.4 Å². The molecule has 15 heavy (non-hydrogen) atoms. The number of imide groups is 2. The molecule has 80 valence electrons. The zero-order chi connectivity index (χ0) is 11.4. The quantitative estimate of drug-likeness (QED) is 0.500. The zero-order valence-electron chi connectivity index (χ0n) is 8.31. The summed E-state index contributed by atoms with van der Waals surface area (Å²) in [4.78, 5) is 36.3. The molecule has 5 heteroatoms. The number of carbonyl (C=O) groups excluding carboxylic acids is 3. The molecule has 1 heterocycles. The number of barbiturate groups is 1. The molecule has 0 bridgehead atoms. The lowest BCUT2D eigenvalue weighted by atomic mass is 10.2. The fourth-order valence-electron chi connectivity index (χ4n) is 1.30. The molecule has 1 aliphatic heterocycles. The minimum Gasteiger partial charge on any atom is -0.274 e. The first kappa shape index (κ1) is 11.2. The third-order valence-corrected chi connectivity index (χ3v) is 1.99. The summed E-state index contributed by atoms with van der Waals surface area (Å²) in [6.45, 7) is 7.14. The van der Waals surface area contributed by atoms with Crippen LogP contribution < -0.4 is 0 Å². The molecule has 4 amide bonds. The van der Waals surface area contributed by atoms with Crippen LogP contribution in [-0.4, -0.2) is 40.7 Å². The van der Waals surface area contributed by atoms with Gasteiger partial charge < -0.3 is 0 Å². The van der Waals surface area contributed by atoms with Crippen molar-refractivity contribution in [3.63, 3.8) is 0 Å². The Morgan fingerprint density at radius 3 is 1.73 bits per heavy atom. The first-order valence-corrected chi connectivity index (χ1v) is 4.48. The Hall–Kier alpha value is -1.91. The van der Waals surface area contributed by atoms with E-state index in [0.717, 1.165) is 9.80 Å². The van der Waals surface area contributed by atoms with Gasteiger partial charge in [0.05, 0.1) is 0 Å². The molecule has 1 aliphatic rings. The average molecular weight is 208 g/mol. The molecule has 0 aromatic rings. The molecular weight excluding hydrogens is 196 g/mol. The van der Waals surface area contributed by atoms with Gasteiger partial charge in [-0.05, 0) is 0 Å². The number of urea groups is 1. The lowest BCUT2D eigenvalue weighted by Gasteiger charge is -2.31. The van der Waals surface area contributed by atoms with Gasteiger partial charge in [-0.2, -0.15) is 0 Å². The summed E-state index contributed by atoms with van der Waals surface area (Å²) in [7, 11) is 0. The van der Waals surface area contributed by atoms with Crippen molar-refractivity contribution < 1.29 is 14.4 Å². The molecule has 0 spiro atoms. The van der Waals surface area contributed by atoms with Gasteiger partial charge in [0.25, 0.3) is 0 Å². The maximum absolute atomic E-state index is 11.6. The van der Waals surface area contributed by atoms with E-state index in [9.17, 15) is 14.4 Å². The Bertz CT molecular complexity index is 306. The van der Waals surface area contributed by atoms with Crippen LogP contribution in [0.2, 0.25) is 0 Å². The lowest BCUT2D eigenvalue weighted by molar-refractivity contribution is -0.141. The van der Waals surface area contributed by atoms with Gasteiger partial charge in [-0.25, -0.2) is 4.79 Å². The Morgan fingerprint density at radius 1 is 1.00 bits per heavy atom. The number of carbonyl (C=O) groups is 3. The van der Waals surface area contributed by atoms with Crippen molar-refractivity contribution in [2.45, 2.75) is 6.42 Å². The van der Waals surface area contributed by atoms with E-state index in [0.29, 0.717) is 0 Å². The standard InChI is InChI=1S/C10H12N2O3/c1-3-5-11-8(13)7-9(14)12(6-4-2)10(11)15/h3-4H,1-2,5-7H2. The molecular formula is C10H12N2O3. The van der Waals surface area contributed by atoms with E-state index < -0.39 is 17.8 Å². The molecule has 0 atom stereocenters. The Labute approximate surface area is 87.6 Å². The van der Waals surface area contributed by atoms with Crippen LogP contribution in [0, 0.1) is 0 Å². The second-order valence-corrected chi connectivity index (χ2v) is 3.05. The topological polar surface area (TPSA) is 57.7 Å². The Kier molecular flexibility index (Phi) is 3.38. The van der Waals surface area contributed by atoms with E-state index in [1.165, 1.54) is 12.2 Å². The van der Waals surface area contributed by atoms with Gasteiger partial charge in [-0.1, -0.05) is 12.2 Å². The van der Waals surface area contributed by atoms with E-state index in [4.69, 9.17) is 0 Å². The predicted molar refractivity (Wildman–Crippen MR) is 53.8 cm³/mol. The van der Waals surface area contributed by atoms with E-state index in [-0.39, 0.29) is 19.5 Å². The molecule has 0 unspecified atom stereocenters. The summed E-state index contributed by atoms with van der Waals surface area (Å²) < 4.78 is 0. The van der Waals surface area contributed by atoms with E-state index in [1.54, 1.807) is 0 Å². The highest BCUT2D eigenvalue weighted by molar-refractivity contribution is 6.14. The second kappa shape index (κ2) is 4.54. The second-order valence-electron chi connectivity index (χ2n) is 3.05. The number of amides is 4. The maximum atomic E-state index is 11.6. The fourth-order valence-corrected chi connectivity index (χ4v) is 1.30. The van der Waals surface area contributed by atoms with Crippen molar-refractivity contribution in [2.24, 2.45) is 0 Å². The number of hydrogen-bond donors (Lipinski definition) is 0. The van der Waals surface area contributed by atoms with Gasteiger partial charge in [-0.15, -0.1) is 13.2 Å². The molecule has 0 radical (unpaired) electrons. The molecule has 1 saturated heterocycles.